The number of carbonyl (C=O) groups excluding carboxylic acids is 1. The fourth-order valence-electron chi connectivity index (χ4n) is 4.55. The fraction of sp³-hybridized carbons (Fsp3) is 0.375. The minimum atomic E-state index is -0.259. The molecule has 1 aliphatic rings. The van der Waals surface area contributed by atoms with Crippen molar-refractivity contribution in [1.82, 2.24) is 0 Å². The molecular formula is C24H28ClN2O3+. The molecule has 1 amide bonds. The highest BCUT2D eigenvalue weighted by Crippen LogP contribution is 2.34. The second-order valence-corrected chi connectivity index (χ2v) is 8.87. The van der Waals surface area contributed by atoms with Crippen molar-refractivity contribution in [3.8, 4) is 5.75 Å². The number of anilines is 1. The zero-order valence-electron chi connectivity index (χ0n) is 17.6. The van der Waals surface area contributed by atoms with Crippen molar-refractivity contribution in [2.24, 2.45) is 5.92 Å². The number of amides is 1. The van der Waals surface area contributed by atoms with E-state index >= 15 is 0 Å². The first-order chi connectivity index (χ1) is 14.3. The van der Waals surface area contributed by atoms with Crippen LogP contribution in [0.5, 0.6) is 5.75 Å². The van der Waals surface area contributed by atoms with Crippen molar-refractivity contribution in [2.75, 3.05) is 18.4 Å². The van der Waals surface area contributed by atoms with E-state index in [1.807, 2.05) is 19.1 Å². The number of phenols is 1. The summed E-state index contributed by atoms with van der Waals surface area (Å²) in [6, 6.07) is 8.83. The Morgan fingerprint density at radius 3 is 2.87 bits per heavy atom. The van der Waals surface area contributed by atoms with Gasteiger partial charge in [0.15, 0.2) is 0 Å². The van der Waals surface area contributed by atoms with E-state index in [9.17, 15) is 9.90 Å². The first-order valence-electron chi connectivity index (χ1n) is 10.5. The van der Waals surface area contributed by atoms with Gasteiger partial charge in [0.1, 0.15) is 23.6 Å². The summed E-state index contributed by atoms with van der Waals surface area (Å²) in [6.07, 6.45) is 2.43. The van der Waals surface area contributed by atoms with Crippen molar-refractivity contribution in [2.45, 2.75) is 40.2 Å². The quantitative estimate of drug-likeness (QED) is 0.575. The Morgan fingerprint density at radius 1 is 1.30 bits per heavy atom. The third-order valence-corrected chi connectivity index (χ3v) is 6.56. The van der Waals surface area contributed by atoms with Crippen LogP contribution in [0.25, 0.3) is 11.0 Å². The van der Waals surface area contributed by atoms with E-state index in [-0.39, 0.29) is 11.7 Å². The van der Waals surface area contributed by atoms with Crippen LogP contribution >= 0.6 is 11.6 Å². The van der Waals surface area contributed by atoms with Crippen LogP contribution in [0.3, 0.4) is 0 Å². The Hall–Kier alpha value is -2.50. The summed E-state index contributed by atoms with van der Waals surface area (Å²) >= 11 is 6.21. The third kappa shape index (κ3) is 3.92. The maximum absolute atomic E-state index is 13.3. The van der Waals surface area contributed by atoms with E-state index in [2.05, 4.69) is 12.2 Å². The minimum absolute atomic E-state index is 0.210. The predicted molar refractivity (Wildman–Crippen MR) is 120 cm³/mol. The number of quaternary nitrogens is 1. The molecule has 6 heteroatoms. The maximum atomic E-state index is 13.3. The van der Waals surface area contributed by atoms with Gasteiger partial charge in [0, 0.05) is 22.0 Å². The van der Waals surface area contributed by atoms with Gasteiger partial charge in [0.25, 0.3) is 5.91 Å². The average Bonchev–Trinajstić information content (AvgIpc) is 3.04. The largest absolute Gasteiger partial charge is 0.507 e. The number of fused-ring (bicyclic) bond motifs is 1. The summed E-state index contributed by atoms with van der Waals surface area (Å²) in [5.74, 6) is 1.15. The van der Waals surface area contributed by atoms with Gasteiger partial charge in [-0.25, -0.2) is 0 Å². The molecule has 1 saturated heterocycles. The number of likely N-dealkylation sites (tertiary alicyclic amines) is 1. The molecule has 2 heterocycles. The lowest BCUT2D eigenvalue weighted by Gasteiger charge is -2.28. The summed E-state index contributed by atoms with van der Waals surface area (Å²) in [5, 5.41) is 15.0. The van der Waals surface area contributed by atoms with E-state index in [1.54, 1.807) is 25.1 Å². The van der Waals surface area contributed by atoms with E-state index in [0.29, 0.717) is 45.5 Å². The first kappa shape index (κ1) is 20.8. The highest BCUT2D eigenvalue weighted by atomic mass is 35.5. The van der Waals surface area contributed by atoms with E-state index in [0.717, 1.165) is 24.2 Å². The molecule has 0 radical (unpaired) electrons. The number of rotatable bonds is 4. The van der Waals surface area contributed by atoms with Crippen LogP contribution in [0.2, 0.25) is 5.02 Å². The Labute approximate surface area is 181 Å². The van der Waals surface area contributed by atoms with Gasteiger partial charge in [-0.3, -0.25) is 4.79 Å². The molecule has 3 N–H and O–H groups in total. The number of furan rings is 1. The van der Waals surface area contributed by atoms with Crippen LogP contribution in [0.1, 0.15) is 47.0 Å². The zero-order chi connectivity index (χ0) is 21.4. The molecule has 0 saturated carbocycles. The third-order valence-electron chi connectivity index (χ3n) is 6.15. The predicted octanol–water partition coefficient (Wildman–Crippen LogP) is 4.48. The molecule has 0 aliphatic carbocycles. The van der Waals surface area contributed by atoms with Crippen molar-refractivity contribution >= 4 is 34.2 Å². The Morgan fingerprint density at radius 2 is 2.10 bits per heavy atom. The average molecular weight is 428 g/mol. The Bertz CT molecular complexity index is 1110. The van der Waals surface area contributed by atoms with Crippen LogP contribution < -0.4 is 10.2 Å². The molecular weight excluding hydrogens is 400 g/mol. The van der Waals surface area contributed by atoms with Crippen LogP contribution in [0, 0.1) is 19.8 Å². The van der Waals surface area contributed by atoms with Crippen LogP contribution in [0.15, 0.2) is 34.7 Å². The topological polar surface area (TPSA) is 66.9 Å². The number of phenolic OH excluding ortho intramolecular Hbond substituents is 1. The number of benzene rings is 2. The van der Waals surface area contributed by atoms with Crippen LogP contribution in [-0.4, -0.2) is 24.1 Å². The van der Waals surface area contributed by atoms with Gasteiger partial charge in [-0.15, -0.1) is 0 Å². The van der Waals surface area contributed by atoms with Crippen molar-refractivity contribution in [3.63, 3.8) is 0 Å². The zero-order valence-corrected chi connectivity index (χ0v) is 18.4. The highest BCUT2D eigenvalue weighted by Gasteiger charge is 2.27. The lowest BCUT2D eigenvalue weighted by atomic mass is 9.98. The molecule has 2 atom stereocenters. The number of piperidine rings is 1. The number of halogens is 1. The van der Waals surface area contributed by atoms with Crippen molar-refractivity contribution < 1.29 is 19.2 Å². The monoisotopic (exact) mass is 427 g/mol. The molecule has 3 aromatic rings. The van der Waals surface area contributed by atoms with Crippen molar-refractivity contribution in [1.29, 1.82) is 0 Å². The second kappa shape index (κ2) is 8.32. The molecule has 1 aliphatic heterocycles. The second-order valence-electron chi connectivity index (χ2n) is 8.46. The summed E-state index contributed by atoms with van der Waals surface area (Å²) < 4.78 is 5.91. The molecule has 1 fully saturated rings. The Kier molecular flexibility index (Phi) is 5.76. The standard InChI is InChI=1S/C24H27ClN2O3/c1-14-6-5-11-27(12-14)13-17-20(28)9-10-21-23(17)22(16(3)30-21)24(29)26-19-8-4-7-18(25)15(19)2/h4,7-10,14,28H,5-6,11-13H2,1-3H3,(H,26,29)/p+1/t14-/m0/s1. The van der Waals surface area contributed by atoms with Crippen LogP contribution in [0.4, 0.5) is 5.69 Å². The number of hydrogen-bond acceptors (Lipinski definition) is 3. The van der Waals surface area contributed by atoms with E-state index in [1.165, 1.54) is 17.7 Å². The Balaban J connectivity index is 1.74. The molecule has 158 valence electrons. The van der Waals surface area contributed by atoms with E-state index in [4.69, 9.17) is 16.0 Å². The van der Waals surface area contributed by atoms with Gasteiger partial charge >= 0.3 is 0 Å². The van der Waals surface area contributed by atoms with E-state index < -0.39 is 0 Å². The molecule has 1 aromatic heterocycles. The lowest BCUT2D eigenvalue weighted by Crippen LogP contribution is -3.12. The molecule has 4 rings (SSSR count). The lowest BCUT2D eigenvalue weighted by molar-refractivity contribution is -0.922. The number of hydrogen-bond donors (Lipinski definition) is 3. The van der Waals surface area contributed by atoms with Gasteiger partial charge in [-0.05, 0) is 56.5 Å². The number of aryl methyl sites for hydroxylation is 1. The summed E-state index contributed by atoms with van der Waals surface area (Å²) in [4.78, 5) is 14.7. The molecule has 1 unspecified atom stereocenters. The number of carbonyl (C=O) groups is 1. The van der Waals surface area contributed by atoms with Gasteiger partial charge in [-0.2, -0.15) is 0 Å². The van der Waals surface area contributed by atoms with Gasteiger partial charge < -0.3 is 19.7 Å². The van der Waals surface area contributed by atoms with Crippen LogP contribution in [-0.2, 0) is 6.54 Å². The maximum Gasteiger partial charge on any atom is 0.259 e. The smallest absolute Gasteiger partial charge is 0.259 e. The molecule has 5 nitrogen and oxygen atoms in total. The van der Waals surface area contributed by atoms with Gasteiger partial charge in [0.05, 0.1) is 24.2 Å². The normalized spacial score (nSPS) is 19.2. The summed E-state index contributed by atoms with van der Waals surface area (Å²) in [5.41, 5.74) is 3.35. The molecule has 0 spiro atoms. The number of nitrogens with one attached hydrogen (secondary N) is 2. The molecule has 2 aromatic carbocycles. The summed E-state index contributed by atoms with van der Waals surface area (Å²) in [6.45, 7) is 8.74. The fourth-order valence-corrected chi connectivity index (χ4v) is 4.73. The highest BCUT2D eigenvalue weighted by molar-refractivity contribution is 6.31. The molecule has 30 heavy (non-hydrogen) atoms. The summed E-state index contributed by atoms with van der Waals surface area (Å²) in [7, 11) is 0. The minimum Gasteiger partial charge on any atom is -0.507 e. The number of aromatic hydroxyl groups is 1. The first-order valence-corrected chi connectivity index (χ1v) is 10.9. The molecule has 0 bridgehead atoms. The SMILES string of the molecule is Cc1oc2ccc(O)c(C[NH+]3CCC[C@H](C)C3)c2c1C(=O)Nc1cccc(Cl)c1C. The van der Waals surface area contributed by atoms with Crippen molar-refractivity contribution in [3.05, 3.63) is 57.8 Å². The van der Waals surface area contributed by atoms with Gasteiger partial charge in [0.2, 0.25) is 0 Å². The van der Waals surface area contributed by atoms with Gasteiger partial charge in [-0.1, -0.05) is 24.6 Å².